The first kappa shape index (κ1) is 24.1. The molecule has 2 aromatic heterocycles. The molecule has 10 heteroatoms. The molecular formula is C25H22F3N3O4. The summed E-state index contributed by atoms with van der Waals surface area (Å²) in [5.74, 6) is 0.159. The van der Waals surface area contributed by atoms with Gasteiger partial charge in [-0.1, -0.05) is 6.07 Å². The molecule has 0 aliphatic carbocycles. The van der Waals surface area contributed by atoms with Gasteiger partial charge in [0, 0.05) is 30.3 Å². The number of Topliss-reactive ketones (excluding diaryl/α,β-unsaturated/α-hetero) is 1. The van der Waals surface area contributed by atoms with Crippen LogP contribution in [-0.4, -0.2) is 47.8 Å². The van der Waals surface area contributed by atoms with Crippen LogP contribution in [-0.2, 0) is 0 Å². The van der Waals surface area contributed by atoms with E-state index in [1.807, 2.05) is 24.3 Å². The number of alkyl halides is 3. The first-order valence-electron chi connectivity index (χ1n) is 10.6. The maximum atomic E-state index is 12.6. The third-order valence-corrected chi connectivity index (χ3v) is 5.51. The van der Waals surface area contributed by atoms with E-state index in [0.29, 0.717) is 17.0 Å². The molecule has 0 N–H and O–H groups in total. The fourth-order valence-corrected chi connectivity index (χ4v) is 3.78. The van der Waals surface area contributed by atoms with E-state index < -0.39 is 24.8 Å². The van der Waals surface area contributed by atoms with Gasteiger partial charge in [0.1, 0.15) is 29.1 Å². The maximum absolute atomic E-state index is 12.6. The lowest BCUT2D eigenvalue weighted by molar-refractivity contribution is -0.133. The maximum Gasteiger partial charge on any atom is 0.389 e. The number of fused-ring (bicyclic) bond motifs is 1. The molecule has 0 unspecified atom stereocenters. The van der Waals surface area contributed by atoms with Crippen molar-refractivity contribution in [2.75, 3.05) is 21.3 Å². The summed E-state index contributed by atoms with van der Waals surface area (Å²) >= 11 is 0. The molecule has 2 aromatic carbocycles. The van der Waals surface area contributed by atoms with Crippen LogP contribution in [0.3, 0.4) is 0 Å². The number of aromatic nitrogens is 3. The van der Waals surface area contributed by atoms with E-state index in [2.05, 4.69) is 9.97 Å². The molecule has 0 radical (unpaired) electrons. The van der Waals surface area contributed by atoms with Crippen molar-refractivity contribution < 1.29 is 32.2 Å². The number of pyridine rings is 1. The van der Waals surface area contributed by atoms with E-state index >= 15 is 0 Å². The first-order valence-corrected chi connectivity index (χ1v) is 10.6. The van der Waals surface area contributed by atoms with Crippen LogP contribution < -0.4 is 14.2 Å². The van der Waals surface area contributed by atoms with Crippen molar-refractivity contribution in [3.63, 3.8) is 0 Å². The molecule has 2 heterocycles. The zero-order valence-corrected chi connectivity index (χ0v) is 19.2. The Kier molecular flexibility index (Phi) is 6.63. The Balaban J connectivity index is 1.73. The topological polar surface area (TPSA) is 75.5 Å². The Bertz CT molecular complexity index is 1360. The lowest BCUT2D eigenvalue weighted by atomic mass is 10.0. The molecule has 0 aliphatic rings. The normalized spacial score (nSPS) is 11.5. The van der Waals surface area contributed by atoms with Gasteiger partial charge in [0.15, 0.2) is 5.78 Å². The summed E-state index contributed by atoms with van der Waals surface area (Å²) in [5.41, 5.74) is 3.78. The standard InChI is InChI=1S/C25H22F3N3O4/c1-33-18-8-16(12-29-13-18)15-4-5-20-19(9-15)30-14-31(20)17-10-22(34-2)24(23(11-17)35-3)21(32)6-7-25(26,27)28/h4-5,8-14H,6-7H2,1-3H3. The Morgan fingerprint density at radius 1 is 0.943 bits per heavy atom. The number of rotatable bonds is 8. The van der Waals surface area contributed by atoms with Crippen LogP contribution >= 0.6 is 0 Å². The molecule has 4 rings (SSSR count). The highest BCUT2D eigenvalue weighted by Crippen LogP contribution is 2.36. The van der Waals surface area contributed by atoms with Crippen LogP contribution in [0.4, 0.5) is 13.2 Å². The van der Waals surface area contributed by atoms with E-state index in [9.17, 15) is 18.0 Å². The molecule has 7 nitrogen and oxygen atoms in total. The summed E-state index contributed by atoms with van der Waals surface area (Å²) in [4.78, 5) is 21.3. The lowest BCUT2D eigenvalue weighted by Crippen LogP contribution is -2.13. The summed E-state index contributed by atoms with van der Waals surface area (Å²) in [5, 5.41) is 0. The quantitative estimate of drug-likeness (QED) is 0.301. The smallest absolute Gasteiger partial charge is 0.389 e. The molecule has 0 saturated heterocycles. The number of carbonyl (C=O) groups is 1. The van der Waals surface area contributed by atoms with Crippen LogP contribution in [0, 0.1) is 0 Å². The second-order valence-electron chi connectivity index (χ2n) is 7.70. The minimum atomic E-state index is -4.44. The number of carbonyl (C=O) groups excluding carboxylic acids is 1. The molecule has 35 heavy (non-hydrogen) atoms. The number of halogens is 3. The molecular weight excluding hydrogens is 463 g/mol. The van der Waals surface area contributed by atoms with Crippen LogP contribution in [0.5, 0.6) is 17.2 Å². The summed E-state index contributed by atoms with van der Waals surface area (Å²) in [6, 6.07) is 10.7. The van der Waals surface area contributed by atoms with Crippen molar-refractivity contribution in [2.45, 2.75) is 19.0 Å². The summed E-state index contributed by atoms with van der Waals surface area (Å²) in [7, 11) is 4.27. The fourth-order valence-electron chi connectivity index (χ4n) is 3.78. The van der Waals surface area contributed by atoms with Gasteiger partial charge in [0.2, 0.25) is 0 Å². The van der Waals surface area contributed by atoms with Gasteiger partial charge in [-0.25, -0.2) is 4.98 Å². The Hall–Kier alpha value is -4.08. The molecule has 0 fully saturated rings. The van der Waals surface area contributed by atoms with Gasteiger partial charge in [-0.05, 0) is 23.8 Å². The Morgan fingerprint density at radius 3 is 2.29 bits per heavy atom. The first-order chi connectivity index (χ1) is 16.7. The Morgan fingerprint density at radius 2 is 1.66 bits per heavy atom. The predicted molar refractivity (Wildman–Crippen MR) is 124 cm³/mol. The van der Waals surface area contributed by atoms with E-state index in [4.69, 9.17) is 14.2 Å². The van der Waals surface area contributed by atoms with Crippen molar-refractivity contribution in [3.8, 4) is 34.1 Å². The van der Waals surface area contributed by atoms with Crippen molar-refractivity contribution in [1.29, 1.82) is 0 Å². The van der Waals surface area contributed by atoms with E-state index in [-0.39, 0.29) is 17.1 Å². The second-order valence-corrected chi connectivity index (χ2v) is 7.70. The average molecular weight is 485 g/mol. The van der Waals surface area contributed by atoms with Gasteiger partial charge in [0.05, 0.1) is 50.7 Å². The third kappa shape index (κ3) is 5.06. The monoisotopic (exact) mass is 485 g/mol. The highest BCUT2D eigenvalue weighted by Gasteiger charge is 2.30. The zero-order valence-electron chi connectivity index (χ0n) is 19.2. The summed E-state index contributed by atoms with van der Waals surface area (Å²) in [6.07, 6.45) is -1.41. The summed E-state index contributed by atoms with van der Waals surface area (Å²) in [6.45, 7) is 0. The number of hydrogen-bond acceptors (Lipinski definition) is 6. The van der Waals surface area contributed by atoms with Crippen LogP contribution in [0.15, 0.2) is 55.1 Å². The Labute approximate surface area is 199 Å². The largest absolute Gasteiger partial charge is 0.496 e. The number of nitrogens with zero attached hydrogens (tertiary/aromatic N) is 3. The van der Waals surface area contributed by atoms with Crippen LogP contribution in [0.2, 0.25) is 0 Å². The minimum Gasteiger partial charge on any atom is -0.496 e. The molecule has 0 atom stereocenters. The van der Waals surface area contributed by atoms with Crippen molar-refractivity contribution in [1.82, 2.24) is 14.5 Å². The molecule has 0 spiro atoms. The highest BCUT2D eigenvalue weighted by molar-refractivity contribution is 6.02. The summed E-state index contributed by atoms with van der Waals surface area (Å²) < 4.78 is 55.6. The van der Waals surface area contributed by atoms with Gasteiger partial charge in [-0.3, -0.25) is 14.3 Å². The van der Waals surface area contributed by atoms with Crippen molar-refractivity contribution >= 4 is 16.8 Å². The lowest BCUT2D eigenvalue weighted by Gasteiger charge is -2.16. The average Bonchev–Trinajstić information content (AvgIpc) is 3.29. The van der Waals surface area contributed by atoms with Crippen molar-refractivity contribution in [3.05, 3.63) is 60.7 Å². The van der Waals surface area contributed by atoms with Gasteiger partial charge >= 0.3 is 6.18 Å². The number of benzene rings is 2. The zero-order chi connectivity index (χ0) is 25.2. The minimum absolute atomic E-state index is 0.0276. The molecule has 0 saturated carbocycles. The molecule has 0 bridgehead atoms. The molecule has 0 aliphatic heterocycles. The van der Waals surface area contributed by atoms with E-state index in [1.54, 1.807) is 42.5 Å². The number of methoxy groups -OCH3 is 3. The molecule has 4 aromatic rings. The number of hydrogen-bond donors (Lipinski definition) is 0. The fraction of sp³-hybridized carbons (Fsp3) is 0.240. The SMILES string of the molecule is COc1cncc(-c2ccc3c(c2)ncn3-c2cc(OC)c(C(=O)CCC(F)(F)F)c(OC)c2)c1. The van der Waals surface area contributed by atoms with E-state index in [0.717, 1.165) is 16.6 Å². The van der Waals surface area contributed by atoms with Gasteiger partial charge in [-0.15, -0.1) is 0 Å². The highest BCUT2D eigenvalue weighted by atomic mass is 19.4. The van der Waals surface area contributed by atoms with E-state index in [1.165, 1.54) is 14.2 Å². The number of ketones is 1. The van der Waals surface area contributed by atoms with Crippen molar-refractivity contribution in [2.24, 2.45) is 0 Å². The second kappa shape index (κ2) is 9.65. The predicted octanol–water partition coefficient (Wildman–Crippen LogP) is 5.64. The van der Waals surface area contributed by atoms with Gasteiger partial charge < -0.3 is 14.2 Å². The molecule has 182 valence electrons. The van der Waals surface area contributed by atoms with Crippen LogP contribution in [0.1, 0.15) is 23.2 Å². The molecule has 0 amide bonds. The number of imidazole rings is 1. The number of ether oxygens (including phenoxy) is 3. The van der Waals surface area contributed by atoms with Gasteiger partial charge in [0.25, 0.3) is 0 Å². The van der Waals surface area contributed by atoms with Crippen LogP contribution in [0.25, 0.3) is 27.8 Å². The third-order valence-electron chi connectivity index (χ3n) is 5.51. The van der Waals surface area contributed by atoms with Gasteiger partial charge in [-0.2, -0.15) is 13.2 Å².